The average Bonchev–Trinajstić information content (AvgIpc) is 3.16. The van der Waals surface area contributed by atoms with Crippen molar-refractivity contribution in [2.24, 2.45) is 0 Å². The number of anilines is 1. The van der Waals surface area contributed by atoms with E-state index in [2.05, 4.69) is 15.5 Å². The van der Waals surface area contributed by atoms with Crippen LogP contribution in [0.3, 0.4) is 0 Å². The molecule has 3 rings (SSSR count). The van der Waals surface area contributed by atoms with Crippen LogP contribution in [0.2, 0.25) is 5.02 Å². The Labute approximate surface area is 173 Å². The molecule has 0 atom stereocenters. The van der Waals surface area contributed by atoms with Gasteiger partial charge >= 0.3 is 6.01 Å². The number of nitrogens with one attached hydrogen (secondary N) is 1. The fraction of sp³-hybridized carbons (Fsp3) is 0.211. The molecule has 29 heavy (non-hydrogen) atoms. The van der Waals surface area contributed by atoms with Gasteiger partial charge in [0.1, 0.15) is 0 Å². The highest BCUT2D eigenvalue weighted by molar-refractivity contribution is 7.89. The molecule has 1 aromatic heterocycles. The number of rotatable bonds is 6. The van der Waals surface area contributed by atoms with Gasteiger partial charge in [-0.25, -0.2) is 8.42 Å². The molecule has 0 saturated carbocycles. The Morgan fingerprint density at radius 2 is 1.69 bits per heavy atom. The zero-order valence-electron chi connectivity index (χ0n) is 16.0. The lowest BCUT2D eigenvalue weighted by atomic mass is 10.2. The lowest BCUT2D eigenvalue weighted by Crippen LogP contribution is -2.33. The highest BCUT2D eigenvalue weighted by atomic mass is 35.5. The zero-order valence-corrected chi connectivity index (χ0v) is 17.5. The second-order valence-corrected chi connectivity index (χ2v) is 8.95. The van der Waals surface area contributed by atoms with E-state index < -0.39 is 15.9 Å². The zero-order chi connectivity index (χ0) is 21.2. The number of carbonyl (C=O) groups excluding carboxylic acids is 1. The molecule has 0 bridgehead atoms. The van der Waals surface area contributed by atoms with Gasteiger partial charge in [-0.2, -0.15) is 4.31 Å². The first kappa shape index (κ1) is 21.0. The molecule has 10 heteroatoms. The van der Waals surface area contributed by atoms with Crippen molar-refractivity contribution in [1.29, 1.82) is 0 Å². The topological polar surface area (TPSA) is 105 Å². The van der Waals surface area contributed by atoms with E-state index in [-0.39, 0.29) is 28.4 Å². The fourth-order valence-corrected chi connectivity index (χ4v) is 3.87. The van der Waals surface area contributed by atoms with E-state index in [4.69, 9.17) is 16.0 Å². The lowest BCUT2D eigenvalue weighted by molar-refractivity contribution is 0.102. The molecule has 0 aliphatic rings. The van der Waals surface area contributed by atoms with Crippen molar-refractivity contribution in [2.45, 2.75) is 24.8 Å². The molecule has 2 aromatic carbocycles. The minimum absolute atomic E-state index is 0.0730. The minimum atomic E-state index is -3.62. The number of hydrogen-bond acceptors (Lipinski definition) is 6. The fourth-order valence-electron chi connectivity index (χ4n) is 2.37. The number of nitrogens with zero attached hydrogens (tertiary/aromatic N) is 3. The molecule has 0 unspecified atom stereocenters. The van der Waals surface area contributed by atoms with E-state index in [9.17, 15) is 13.2 Å². The van der Waals surface area contributed by atoms with Gasteiger partial charge in [0.25, 0.3) is 5.91 Å². The molecule has 0 fully saturated rings. The van der Waals surface area contributed by atoms with Gasteiger partial charge in [-0.05, 0) is 62.4 Å². The number of carbonyl (C=O) groups is 1. The maximum atomic E-state index is 12.5. The first-order valence-corrected chi connectivity index (χ1v) is 10.5. The van der Waals surface area contributed by atoms with Crippen molar-refractivity contribution in [3.8, 4) is 11.5 Å². The van der Waals surface area contributed by atoms with Gasteiger partial charge in [-0.15, -0.1) is 5.10 Å². The highest BCUT2D eigenvalue weighted by Gasteiger charge is 2.23. The average molecular weight is 435 g/mol. The molecule has 152 valence electrons. The second-order valence-electron chi connectivity index (χ2n) is 6.51. The molecule has 0 radical (unpaired) electrons. The predicted octanol–water partition coefficient (Wildman–Crippen LogP) is 3.67. The van der Waals surface area contributed by atoms with Crippen molar-refractivity contribution in [1.82, 2.24) is 14.5 Å². The summed E-state index contributed by atoms with van der Waals surface area (Å²) in [5, 5.41) is 10.8. The van der Waals surface area contributed by atoms with Crippen molar-refractivity contribution in [3.05, 3.63) is 59.1 Å². The largest absolute Gasteiger partial charge is 0.403 e. The molecule has 8 nitrogen and oxygen atoms in total. The first-order chi connectivity index (χ1) is 13.7. The van der Waals surface area contributed by atoms with Gasteiger partial charge < -0.3 is 4.42 Å². The Morgan fingerprint density at radius 1 is 1.07 bits per heavy atom. The van der Waals surface area contributed by atoms with Crippen LogP contribution in [0.15, 0.2) is 57.8 Å². The van der Waals surface area contributed by atoms with Gasteiger partial charge in [-0.3, -0.25) is 10.1 Å². The van der Waals surface area contributed by atoms with Crippen LogP contribution in [0.4, 0.5) is 6.01 Å². The van der Waals surface area contributed by atoms with Crippen molar-refractivity contribution in [2.75, 3.05) is 12.4 Å². The van der Waals surface area contributed by atoms with Gasteiger partial charge in [0.05, 0.1) is 4.90 Å². The molecule has 0 aliphatic heterocycles. The standard InChI is InChI=1S/C19H19ClN4O4S/c1-12(2)24(3)29(26,27)16-10-6-13(7-11-16)17(25)21-19-23-22-18(28-19)14-4-8-15(20)9-5-14/h4-12H,1-3H3,(H,21,23,25). The highest BCUT2D eigenvalue weighted by Crippen LogP contribution is 2.22. The quantitative estimate of drug-likeness (QED) is 0.634. The summed E-state index contributed by atoms with van der Waals surface area (Å²) in [6.07, 6.45) is 0. The smallest absolute Gasteiger partial charge is 0.322 e. The summed E-state index contributed by atoms with van der Waals surface area (Å²) in [7, 11) is -2.11. The second kappa shape index (κ2) is 8.32. The number of aromatic nitrogens is 2. The van der Waals surface area contributed by atoms with Crippen LogP contribution in [0.25, 0.3) is 11.5 Å². The van der Waals surface area contributed by atoms with Crippen molar-refractivity contribution >= 4 is 33.5 Å². The lowest BCUT2D eigenvalue weighted by Gasteiger charge is -2.20. The maximum absolute atomic E-state index is 12.5. The van der Waals surface area contributed by atoms with Crippen LogP contribution in [-0.4, -0.2) is 41.9 Å². The molecular weight excluding hydrogens is 416 g/mol. The molecule has 1 amide bonds. The summed E-state index contributed by atoms with van der Waals surface area (Å²) >= 11 is 5.85. The molecule has 1 heterocycles. The number of benzene rings is 2. The molecule has 0 aliphatic carbocycles. The monoisotopic (exact) mass is 434 g/mol. The third-order valence-electron chi connectivity index (χ3n) is 4.26. The molecule has 1 N–H and O–H groups in total. The van der Waals surface area contributed by atoms with Gasteiger partial charge in [-0.1, -0.05) is 16.7 Å². The summed E-state index contributed by atoms with van der Waals surface area (Å²) in [6, 6.07) is 12.2. The molecule has 0 saturated heterocycles. The Balaban J connectivity index is 1.73. The van der Waals surface area contributed by atoms with Gasteiger partial charge in [0, 0.05) is 29.2 Å². The van der Waals surface area contributed by atoms with E-state index in [1.165, 1.54) is 35.6 Å². The number of hydrogen-bond donors (Lipinski definition) is 1. The summed E-state index contributed by atoms with van der Waals surface area (Å²) in [4.78, 5) is 12.5. The Kier molecular flexibility index (Phi) is 6.02. The van der Waals surface area contributed by atoms with Gasteiger partial charge in [0.15, 0.2) is 0 Å². The Morgan fingerprint density at radius 3 is 2.28 bits per heavy atom. The first-order valence-electron chi connectivity index (χ1n) is 8.67. The maximum Gasteiger partial charge on any atom is 0.322 e. The van der Waals surface area contributed by atoms with Crippen LogP contribution in [0.1, 0.15) is 24.2 Å². The summed E-state index contributed by atoms with van der Waals surface area (Å²) in [6.45, 7) is 3.56. The Hall–Kier alpha value is -2.75. The van der Waals surface area contributed by atoms with Crippen LogP contribution in [0.5, 0.6) is 0 Å². The summed E-state index contributed by atoms with van der Waals surface area (Å²) in [5.74, 6) is -0.271. The molecule has 3 aromatic rings. The summed E-state index contributed by atoms with van der Waals surface area (Å²) in [5.41, 5.74) is 0.911. The van der Waals surface area contributed by atoms with Crippen LogP contribution in [0, 0.1) is 0 Å². The SMILES string of the molecule is CC(C)N(C)S(=O)(=O)c1ccc(C(=O)Nc2nnc(-c3ccc(Cl)cc3)o2)cc1. The summed E-state index contributed by atoms with van der Waals surface area (Å²) < 4.78 is 31.7. The molecule has 0 spiro atoms. The van der Waals surface area contributed by atoms with E-state index in [0.717, 1.165) is 0 Å². The minimum Gasteiger partial charge on any atom is -0.403 e. The number of halogens is 1. The van der Waals surface area contributed by atoms with E-state index in [1.54, 1.807) is 38.1 Å². The van der Waals surface area contributed by atoms with E-state index in [1.807, 2.05) is 0 Å². The van der Waals surface area contributed by atoms with Crippen LogP contribution in [-0.2, 0) is 10.0 Å². The third kappa shape index (κ3) is 4.64. The number of sulfonamides is 1. The number of amides is 1. The van der Waals surface area contributed by atoms with Crippen LogP contribution < -0.4 is 5.32 Å². The van der Waals surface area contributed by atoms with E-state index in [0.29, 0.717) is 10.6 Å². The molecular formula is C19H19ClN4O4S. The van der Waals surface area contributed by atoms with Crippen molar-refractivity contribution in [3.63, 3.8) is 0 Å². The van der Waals surface area contributed by atoms with Gasteiger partial charge in [0.2, 0.25) is 15.9 Å². The third-order valence-corrected chi connectivity index (χ3v) is 6.56. The normalized spacial score (nSPS) is 11.8. The Bertz CT molecular complexity index is 1110. The van der Waals surface area contributed by atoms with Crippen LogP contribution >= 0.6 is 11.6 Å². The predicted molar refractivity (Wildman–Crippen MR) is 109 cm³/mol. The van der Waals surface area contributed by atoms with Crippen molar-refractivity contribution < 1.29 is 17.6 Å². The van der Waals surface area contributed by atoms with E-state index >= 15 is 0 Å².